The summed E-state index contributed by atoms with van der Waals surface area (Å²) in [6.45, 7) is 6.96. The lowest BCUT2D eigenvalue weighted by atomic mass is 9.85. The summed E-state index contributed by atoms with van der Waals surface area (Å²) in [5.74, 6) is -1.81. The Bertz CT molecular complexity index is 879. The predicted molar refractivity (Wildman–Crippen MR) is 102 cm³/mol. The van der Waals surface area contributed by atoms with E-state index in [1.165, 1.54) is 19.2 Å². The number of carbonyl (C=O) groups excluding carboxylic acids is 2. The number of esters is 2. The zero-order valence-electron chi connectivity index (χ0n) is 16.8. The van der Waals surface area contributed by atoms with Gasteiger partial charge in [0.1, 0.15) is 11.3 Å². The van der Waals surface area contributed by atoms with Crippen molar-refractivity contribution in [3.05, 3.63) is 63.0 Å². The van der Waals surface area contributed by atoms with Crippen LogP contribution in [0.15, 0.2) is 47.3 Å². The van der Waals surface area contributed by atoms with E-state index >= 15 is 0 Å². The molecule has 0 bridgehead atoms. The van der Waals surface area contributed by atoms with E-state index in [1.807, 2.05) is 0 Å². The third-order valence-corrected chi connectivity index (χ3v) is 4.34. The van der Waals surface area contributed by atoms with Crippen LogP contribution in [0.25, 0.3) is 0 Å². The molecule has 28 heavy (non-hydrogen) atoms. The van der Waals surface area contributed by atoms with Crippen LogP contribution < -0.4 is 0 Å². The highest BCUT2D eigenvalue weighted by molar-refractivity contribution is 5.95. The standard InChI is InChI=1S/C20H24N2O6/c1-12-17(19(24)28-20(2,3)4)15(11-16(21(12)5)18(23)27-6)13-8-7-9-14(10-13)22(25)26/h7-11,15H,1-6H3. The Balaban J connectivity index is 2.64. The number of hydrogen-bond donors (Lipinski definition) is 0. The fourth-order valence-corrected chi connectivity index (χ4v) is 2.95. The summed E-state index contributed by atoms with van der Waals surface area (Å²) in [7, 11) is 2.91. The molecule has 150 valence electrons. The Morgan fingerprint density at radius 2 is 1.86 bits per heavy atom. The number of methoxy groups -OCH3 is 1. The quantitative estimate of drug-likeness (QED) is 0.443. The molecule has 0 amide bonds. The summed E-state index contributed by atoms with van der Waals surface area (Å²) >= 11 is 0. The van der Waals surface area contributed by atoms with E-state index in [2.05, 4.69) is 0 Å². The van der Waals surface area contributed by atoms with Crippen molar-refractivity contribution in [2.45, 2.75) is 39.2 Å². The van der Waals surface area contributed by atoms with Crippen molar-refractivity contribution in [2.75, 3.05) is 14.2 Å². The van der Waals surface area contributed by atoms with Gasteiger partial charge in [-0.1, -0.05) is 12.1 Å². The van der Waals surface area contributed by atoms with E-state index in [1.54, 1.807) is 57.9 Å². The maximum absolute atomic E-state index is 12.9. The highest BCUT2D eigenvalue weighted by Crippen LogP contribution is 2.38. The second-order valence-electron chi connectivity index (χ2n) is 7.43. The number of allylic oxidation sites excluding steroid dienone is 2. The molecule has 0 spiro atoms. The first-order valence-corrected chi connectivity index (χ1v) is 8.68. The van der Waals surface area contributed by atoms with Crippen LogP contribution in [-0.2, 0) is 19.1 Å². The first-order valence-electron chi connectivity index (χ1n) is 8.68. The largest absolute Gasteiger partial charge is 0.464 e. The van der Waals surface area contributed by atoms with Crippen molar-refractivity contribution in [2.24, 2.45) is 0 Å². The maximum atomic E-state index is 12.9. The van der Waals surface area contributed by atoms with Crippen molar-refractivity contribution >= 4 is 17.6 Å². The Morgan fingerprint density at radius 1 is 1.21 bits per heavy atom. The Hall–Kier alpha value is -3.16. The molecule has 1 aromatic carbocycles. The van der Waals surface area contributed by atoms with E-state index in [-0.39, 0.29) is 11.4 Å². The molecule has 1 heterocycles. The van der Waals surface area contributed by atoms with Gasteiger partial charge in [0.05, 0.1) is 17.6 Å². The molecule has 0 N–H and O–H groups in total. The first-order chi connectivity index (χ1) is 13.0. The van der Waals surface area contributed by atoms with Crippen LogP contribution in [-0.4, -0.2) is 41.5 Å². The van der Waals surface area contributed by atoms with Crippen LogP contribution in [0.3, 0.4) is 0 Å². The molecule has 0 fully saturated rings. The molecule has 0 radical (unpaired) electrons. The number of likely N-dealkylation sites (N-methyl/N-ethyl adjacent to an activating group) is 1. The molecule has 0 aromatic heterocycles. The smallest absolute Gasteiger partial charge is 0.354 e. The Kier molecular flexibility index (Phi) is 5.92. The molecule has 2 rings (SSSR count). The van der Waals surface area contributed by atoms with E-state index < -0.39 is 28.4 Å². The molecule has 0 saturated carbocycles. The van der Waals surface area contributed by atoms with Crippen molar-refractivity contribution in [3.8, 4) is 0 Å². The van der Waals surface area contributed by atoms with Crippen LogP contribution >= 0.6 is 0 Å². The van der Waals surface area contributed by atoms with Crippen molar-refractivity contribution < 1.29 is 24.0 Å². The molecule has 0 aliphatic carbocycles. The van der Waals surface area contributed by atoms with Gasteiger partial charge >= 0.3 is 11.9 Å². The molecule has 1 unspecified atom stereocenters. The number of benzene rings is 1. The molecule has 0 saturated heterocycles. The summed E-state index contributed by atoms with van der Waals surface area (Å²) in [5, 5.41) is 11.2. The SMILES string of the molecule is COC(=O)C1=CC(c2cccc([N+](=O)[O-])c2)C(C(=O)OC(C)(C)C)=C(C)N1C. The topological polar surface area (TPSA) is 99.0 Å². The minimum absolute atomic E-state index is 0.106. The summed E-state index contributed by atoms with van der Waals surface area (Å²) in [6, 6.07) is 5.97. The molecular weight excluding hydrogens is 364 g/mol. The molecule has 1 aromatic rings. The lowest BCUT2D eigenvalue weighted by molar-refractivity contribution is -0.384. The lowest BCUT2D eigenvalue weighted by Crippen LogP contribution is -2.34. The van der Waals surface area contributed by atoms with E-state index in [9.17, 15) is 19.7 Å². The van der Waals surface area contributed by atoms with Gasteiger partial charge in [0, 0.05) is 30.8 Å². The van der Waals surface area contributed by atoms with Gasteiger partial charge < -0.3 is 14.4 Å². The van der Waals surface area contributed by atoms with Crippen LogP contribution in [0.5, 0.6) is 0 Å². The summed E-state index contributed by atoms with van der Waals surface area (Å²) in [4.78, 5) is 37.4. The zero-order valence-corrected chi connectivity index (χ0v) is 16.8. The van der Waals surface area contributed by atoms with Crippen LogP contribution in [0, 0.1) is 10.1 Å². The number of rotatable bonds is 4. The van der Waals surface area contributed by atoms with Crippen LogP contribution in [0.4, 0.5) is 5.69 Å². The molecular formula is C20H24N2O6. The Morgan fingerprint density at radius 3 is 2.39 bits per heavy atom. The number of nitro benzene ring substituents is 1. The van der Waals surface area contributed by atoms with Gasteiger partial charge in [-0.05, 0) is 39.3 Å². The average molecular weight is 388 g/mol. The summed E-state index contributed by atoms with van der Waals surface area (Å²) in [5.41, 5.74) is 0.736. The van der Waals surface area contributed by atoms with Gasteiger partial charge in [0.2, 0.25) is 0 Å². The Labute approximate surface area is 163 Å². The third kappa shape index (κ3) is 4.39. The second kappa shape index (κ2) is 7.84. The van der Waals surface area contributed by atoms with Crippen LogP contribution in [0.1, 0.15) is 39.2 Å². The van der Waals surface area contributed by atoms with Gasteiger partial charge in [0.15, 0.2) is 0 Å². The second-order valence-corrected chi connectivity index (χ2v) is 7.43. The zero-order chi connectivity index (χ0) is 21.2. The van der Waals surface area contributed by atoms with Crippen molar-refractivity contribution in [1.29, 1.82) is 0 Å². The third-order valence-electron chi connectivity index (χ3n) is 4.34. The number of non-ortho nitro benzene ring substituents is 1. The van der Waals surface area contributed by atoms with Gasteiger partial charge in [0.25, 0.3) is 5.69 Å². The average Bonchev–Trinajstić information content (AvgIpc) is 2.61. The predicted octanol–water partition coefficient (Wildman–Crippen LogP) is 3.30. The van der Waals surface area contributed by atoms with Crippen molar-refractivity contribution in [1.82, 2.24) is 4.90 Å². The first kappa shape index (κ1) is 21.1. The minimum Gasteiger partial charge on any atom is -0.464 e. The normalized spacial score (nSPS) is 17.1. The monoisotopic (exact) mass is 388 g/mol. The summed E-state index contributed by atoms with van der Waals surface area (Å²) < 4.78 is 10.4. The van der Waals surface area contributed by atoms with E-state index in [0.717, 1.165) is 0 Å². The van der Waals surface area contributed by atoms with Crippen molar-refractivity contribution in [3.63, 3.8) is 0 Å². The van der Waals surface area contributed by atoms with Gasteiger partial charge in [-0.15, -0.1) is 0 Å². The number of ether oxygens (including phenoxy) is 2. The minimum atomic E-state index is -0.720. The number of nitrogens with zero attached hydrogens (tertiary/aromatic N) is 2. The number of carbonyl (C=O) groups is 2. The lowest BCUT2D eigenvalue weighted by Gasteiger charge is -2.33. The highest BCUT2D eigenvalue weighted by Gasteiger charge is 2.35. The molecule has 8 nitrogen and oxygen atoms in total. The number of hydrogen-bond acceptors (Lipinski definition) is 7. The number of nitro groups is 1. The van der Waals surface area contributed by atoms with Crippen LogP contribution in [0.2, 0.25) is 0 Å². The molecule has 1 aliphatic rings. The molecule has 1 aliphatic heterocycles. The molecule has 8 heteroatoms. The van der Waals surface area contributed by atoms with E-state index in [0.29, 0.717) is 16.8 Å². The fraction of sp³-hybridized carbons (Fsp3) is 0.400. The highest BCUT2D eigenvalue weighted by atomic mass is 16.6. The maximum Gasteiger partial charge on any atom is 0.354 e. The summed E-state index contributed by atoms with van der Waals surface area (Å²) in [6.07, 6.45) is 1.57. The van der Waals surface area contributed by atoms with Gasteiger partial charge in [-0.2, -0.15) is 0 Å². The van der Waals surface area contributed by atoms with Gasteiger partial charge in [-0.25, -0.2) is 9.59 Å². The van der Waals surface area contributed by atoms with Gasteiger partial charge in [-0.3, -0.25) is 10.1 Å². The fourth-order valence-electron chi connectivity index (χ4n) is 2.95. The van der Waals surface area contributed by atoms with E-state index in [4.69, 9.17) is 9.47 Å². The molecule has 1 atom stereocenters.